The number of furan rings is 1. The highest BCUT2D eigenvalue weighted by atomic mass is 16.3. The van der Waals surface area contributed by atoms with E-state index in [1.165, 1.54) is 5.56 Å². The van der Waals surface area contributed by atoms with Gasteiger partial charge in [-0.25, -0.2) is 0 Å². The molecule has 0 saturated heterocycles. The van der Waals surface area contributed by atoms with Crippen molar-refractivity contribution in [2.45, 2.75) is 25.3 Å². The van der Waals surface area contributed by atoms with Gasteiger partial charge in [0.2, 0.25) is 0 Å². The Morgan fingerprint density at radius 2 is 2.12 bits per heavy atom. The highest BCUT2D eigenvalue weighted by Gasteiger charge is 2.29. The molecular weight excluding hydrogens is 214 g/mol. The molecule has 0 aliphatic rings. The molecule has 1 atom stereocenters. The smallest absolute Gasteiger partial charge is 0.133 e. The first-order valence-electron chi connectivity index (χ1n) is 5.85. The molecule has 0 amide bonds. The summed E-state index contributed by atoms with van der Waals surface area (Å²) in [5, 5.41) is 13.7. The molecule has 0 spiro atoms. The van der Waals surface area contributed by atoms with Crippen LogP contribution in [0.1, 0.15) is 19.4 Å². The van der Waals surface area contributed by atoms with Crippen molar-refractivity contribution >= 4 is 11.0 Å². The van der Waals surface area contributed by atoms with E-state index in [9.17, 15) is 5.11 Å². The molecule has 0 aliphatic carbocycles. The summed E-state index contributed by atoms with van der Waals surface area (Å²) in [6.07, 6.45) is 1.70. The van der Waals surface area contributed by atoms with Gasteiger partial charge in [0.05, 0.1) is 12.9 Å². The summed E-state index contributed by atoms with van der Waals surface area (Å²) in [5.41, 5.74) is 1.96. The molecule has 0 fully saturated rings. The van der Waals surface area contributed by atoms with E-state index in [0.717, 1.165) is 11.0 Å². The number of benzene rings is 1. The SMILES string of the molecule is CNC(CO)C(C)(C)c1ccc2occc2c1. The van der Waals surface area contributed by atoms with Gasteiger partial charge in [-0.15, -0.1) is 0 Å². The van der Waals surface area contributed by atoms with E-state index in [0.29, 0.717) is 0 Å². The zero-order valence-electron chi connectivity index (χ0n) is 10.5. The van der Waals surface area contributed by atoms with E-state index in [2.05, 4.69) is 31.3 Å². The van der Waals surface area contributed by atoms with Crippen LogP contribution >= 0.6 is 0 Å². The van der Waals surface area contributed by atoms with E-state index in [4.69, 9.17) is 4.42 Å². The molecule has 17 heavy (non-hydrogen) atoms. The zero-order chi connectivity index (χ0) is 12.5. The Hall–Kier alpha value is -1.32. The lowest BCUT2D eigenvalue weighted by Gasteiger charge is -2.33. The third kappa shape index (κ3) is 2.08. The maximum absolute atomic E-state index is 9.42. The quantitative estimate of drug-likeness (QED) is 0.851. The molecule has 0 bridgehead atoms. The minimum absolute atomic E-state index is 0.0341. The van der Waals surface area contributed by atoms with Crippen LogP contribution in [0.2, 0.25) is 0 Å². The summed E-state index contributed by atoms with van der Waals surface area (Å²) < 4.78 is 5.33. The first-order chi connectivity index (χ1) is 8.09. The van der Waals surface area contributed by atoms with Gasteiger partial charge < -0.3 is 14.8 Å². The number of fused-ring (bicyclic) bond motifs is 1. The predicted molar refractivity (Wildman–Crippen MR) is 69.2 cm³/mol. The monoisotopic (exact) mass is 233 g/mol. The van der Waals surface area contributed by atoms with Gasteiger partial charge in [0.1, 0.15) is 5.58 Å². The summed E-state index contributed by atoms with van der Waals surface area (Å²) in [7, 11) is 1.87. The molecule has 0 radical (unpaired) electrons. The van der Waals surface area contributed by atoms with Crippen molar-refractivity contribution in [2.75, 3.05) is 13.7 Å². The van der Waals surface area contributed by atoms with Crippen LogP contribution in [0.5, 0.6) is 0 Å². The summed E-state index contributed by atoms with van der Waals surface area (Å²) >= 11 is 0. The molecule has 3 nitrogen and oxygen atoms in total. The van der Waals surface area contributed by atoms with Gasteiger partial charge in [0.15, 0.2) is 0 Å². The number of hydrogen-bond acceptors (Lipinski definition) is 3. The lowest BCUT2D eigenvalue weighted by Crippen LogP contribution is -2.45. The first-order valence-corrected chi connectivity index (χ1v) is 5.85. The summed E-state index contributed by atoms with van der Waals surface area (Å²) in [5.74, 6) is 0. The van der Waals surface area contributed by atoms with E-state index >= 15 is 0 Å². The van der Waals surface area contributed by atoms with E-state index < -0.39 is 0 Å². The maximum Gasteiger partial charge on any atom is 0.133 e. The summed E-state index contributed by atoms with van der Waals surface area (Å²) in [6.45, 7) is 4.38. The first kappa shape index (κ1) is 12.1. The fraction of sp³-hybridized carbons (Fsp3) is 0.429. The Bertz CT molecular complexity index is 498. The Morgan fingerprint density at radius 1 is 1.35 bits per heavy atom. The van der Waals surface area contributed by atoms with Crippen LogP contribution in [0, 0.1) is 0 Å². The van der Waals surface area contributed by atoms with E-state index in [1.54, 1.807) is 6.26 Å². The fourth-order valence-electron chi connectivity index (χ4n) is 2.25. The number of likely N-dealkylation sites (N-methyl/N-ethyl adjacent to an activating group) is 1. The van der Waals surface area contributed by atoms with Gasteiger partial charge in [-0.05, 0) is 30.8 Å². The number of aliphatic hydroxyl groups is 1. The van der Waals surface area contributed by atoms with Gasteiger partial charge in [-0.3, -0.25) is 0 Å². The third-order valence-corrected chi connectivity index (χ3v) is 3.60. The van der Waals surface area contributed by atoms with Crippen LogP contribution in [0.3, 0.4) is 0 Å². The molecule has 2 aromatic rings. The van der Waals surface area contributed by atoms with Crippen molar-refractivity contribution in [1.29, 1.82) is 0 Å². The van der Waals surface area contributed by atoms with Crippen molar-refractivity contribution in [3.8, 4) is 0 Å². The normalized spacial score (nSPS) is 14.1. The van der Waals surface area contributed by atoms with Crippen LogP contribution in [0.15, 0.2) is 34.9 Å². The molecule has 0 aliphatic heterocycles. The minimum Gasteiger partial charge on any atom is -0.464 e. The standard InChI is InChI=1S/C14H19NO2/c1-14(2,13(9-16)15-3)11-4-5-12-10(8-11)6-7-17-12/h4-8,13,15-16H,9H2,1-3H3. The fourth-order valence-corrected chi connectivity index (χ4v) is 2.25. The predicted octanol–water partition coefficient (Wildman–Crippen LogP) is 2.29. The molecule has 2 N–H and O–H groups in total. The average molecular weight is 233 g/mol. The van der Waals surface area contributed by atoms with Gasteiger partial charge in [-0.1, -0.05) is 19.9 Å². The highest BCUT2D eigenvalue weighted by Crippen LogP contribution is 2.30. The number of nitrogens with one attached hydrogen (secondary N) is 1. The molecule has 1 unspecified atom stereocenters. The topological polar surface area (TPSA) is 45.4 Å². The van der Waals surface area contributed by atoms with Crippen LogP contribution in [0.4, 0.5) is 0 Å². The van der Waals surface area contributed by atoms with Crippen molar-refractivity contribution in [1.82, 2.24) is 5.32 Å². The van der Waals surface area contributed by atoms with Crippen molar-refractivity contribution < 1.29 is 9.52 Å². The zero-order valence-corrected chi connectivity index (χ0v) is 10.5. The Labute approximate surface area is 101 Å². The Balaban J connectivity index is 2.43. The van der Waals surface area contributed by atoms with Crippen LogP contribution in [-0.2, 0) is 5.41 Å². The minimum atomic E-state index is -0.130. The third-order valence-electron chi connectivity index (χ3n) is 3.60. The van der Waals surface area contributed by atoms with Crippen LogP contribution in [0.25, 0.3) is 11.0 Å². The molecule has 1 aromatic carbocycles. The lowest BCUT2D eigenvalue weighted by atomic mass is 9.77. The highest BCUT2D eigenvalue weighted by molar-refractivity contribution is 5.78. The molecule has 0 saturated carbocycles. The molecule has 3 heteroatoms. The Kier molecular flexibility index (Phi) is 3.22. The van der Waals surface area contributed by atoms with Crippen LogP contribution < -0.4 is 5.32 Å². The molecule has 1 aromatic heterocycles. The van der Waals surface area contributed by atoms with Gasteiger partial charge in [0, 0.05) is 16.8 Å². The average Bonchev–Trinajstić information content (AvgIpc) is 2.77. The maximum atomic E-state index is 9.42. The molecule has 1 heterocycles. The summed E-state index contributed by atoms with van der Waals surface area (Å²) in [6, 6.07) is 8.16. The molecule has 92 valence electrons. The second kappa shape index (κ2) is 4.51. The van der Waals surface area contributed by atoms with E-state index in [1.807, 2.05) is 19.2 Å². The second-order valence-corrected chi connectivity index (χ2v) is 4.92. The Morgan fingerprint density at radius 3 is 2.76 bits per heavy atom. The molecular formula is C14H19NO2. The summed E-state index contributed by atoms with van der Waals surface area (Å²) in [4.78, 5) is 0. The van der Waals surface area contributed by atoms with Crippen molar-refractivity contribution in [2.24, 2.45) is 0 Å². The second-order valence-electron chi connectivity index (χ2n) is 4.92. The van der Waals surface area contributed by atoms with Gasteiger partial charge in [-0.2, -0.15) is 0 Å². The van der Waals surface area contributed by atoms with Gasteiger partial charge >= 0.3 is 0 Å². The number of rotatable bonds is 4. The number of aliphatic hydroxyl groups excluding tert-OH is 1. The van der Waals surface area contributed by atoms with Crippen molar-refractivity contribution in [3.63, 3.8) is 0 Å². The van der Waals surface area contributed by atoms with Crippen LogP contribution in [-0.4, -0.2) is 24.8 Å². The van der Waals surface area contributed by atoms with E-state index in [-0.39, 0.29) is 18.1 Å². The largest absolute Gasteiger partial charge is 0.464 e. The van der Waals surface area contributed by atoms with Crippen molar-refractivity contribution in [3.05, 3.63) is 36.1 Å². The number of hydrogen-bond donors (Lipinski definition) is 2. The lowest BCUT2D eigenvalue weighted by molar-refractivity contribution is 0.198. The van der Waals surface area contributed by atoms with Gasteiger partial charge in [0.25, 0.3) is 0 Å². The molecule has 2 rings (SSSR count).